The zero-order chi connectivity index (χ0) is 6.24. The molecule has 2 heteroatoms. The van der Waals surface area contributed by atoms with E-state index in [9.17, 15) is 0 Å². The van der Waals surface area contributed by atoms with Gasteiger partial charge in [0.1, 0.15) is 6.61 Å². The highest BCUT2D eigenvalue weighted by atomic mass is 35.5. The van der Waals surface area contributed by atoms with Gasteiger partial charge in [0.05, 0.1) is 0 Å². The van der Waals surface area contributed by atoms with E-state index in [2.05, 4.69) is 11.8 Å². The van der Waals surface area contributed by atoms with Gasteiger partial charge in [-0.1, -0.05) is 5.92 Å². The molecule has 0 atom stereocenters. The molecule has 8 heavy (non-hydrogen) atoms. The molecule has 0 aromatic carbocycles. The number of aliphatic hydroxyl groups is 1. The van der Waals surface area contributed by atoms with E-state index in [1.165, 1.54) is 0 Å². The maximum Gasteiger partial charge on any atom is 0.104 e. The van der Waals surface area contributed by atoms with E-state index < -0.39 is 0 Å². The van der Waals surface area contributed by atoms with Crippen molar-refractivity contribution in [3.05, 3.63) is 0 Å². The predicted molar refractivity (Wildman–Crippen MR) is 34.8 cm³/mol. The van der Waals surface area contributed by atoms with Crippen molar-refractivity contribution in [2.24, 2.45) is 0 Å². The minimum Gasteiger partial charge on any atom is -0.384 e. The van der Waals surface area contributed by atoms with Crippen LogP contribution in [0.4, 0.5) is 0 Å². The molecular formula is C6H9ClO. The van der Waals surface area contributed by atoms with Crippen LogP contribution in [0, 0.1) is 11.8 Å². The summed E-state index contributed by atoms with van der Waals surface area (Å²) < 4.78 is 0. The quantitative estimate of drug-likeness (QED) is 0.338. The standard InChI is InChI=1S/C6H9ClO/c7-5-3-1-2-4-6-8/h8H,1,3,5-6H2. The molecule has 0 aromatic heterocycles. The normalized spacial score (nSPS) is 7.75. The topological polar surface area (TPSA) is 20.2 Å². The summed E-state index contributed by atoms with van der Waals surface area (Å²) >= 11 is 5.35. The lowest BCUT2D eigenvalue weighted by Crippen LogP contribution is -1.74. The second kappa shape index (κ2) is 6.81. The zero-order valence-electron chi connectivity index (χ0n) is 4.65. The van der Waals surface area contributed by atoms with Crippen LogP contribution in [0.15, 0.2) is 0 Å². The number of hydrogen-bond acceptors (Lipinski definition) is 1. The van der Waals surface area contributed by atoms with Gasteiger partial charge < -0.3 is 5.11 Å². The van der Waals surface area contributed by atoms with E-state index in [4.69, 9.17) is 16.7 Å². The average molecular weight is 133 g/mol. The third kappa shape index (κ3) is 5.81. The van der Waals surface area contributed by atoms with Gasteiger partial charge in [0.2, 0.25) is 0 Å². The van der Waals surface area contributed by atoms with Crippen molar-refractivity contribution in [3.63, 3.8) is 0 Å². The fourth-order valence-electron chi connectivity index (χ4n) is 0.299. The number of aliphatic hydroxyl groups excluding tert-OH is 1. The number of unbranched alkanes of at least 4 members (excludes halogenated alkanes) is 1. The van der Waals surface area contributed by atoms with Gasteiger partial charge in [-0.25, -0.2) is 0 Å². The van der Waals surface area contributed by atoms with Crippen LogP contribution in [-0.4, -0.2) is 17.6 Å². The van der Waals surface area contributed by atoms with Crippen molar-refractivity contribution in [1.29, 1.82) is 0 Å². The van der Waals surface area contributed by atoms with Crippen molar-refractivity contribution < 1.29 is 5.11 Å². The summed E-state index contributed by atoms with van der Waals surface area (Å²) in [5.74, 6) is 5.93. The predicted octanol–water partition coefficient (Wildman–Crippen LogP) is 1.00. The summed E-state index contributed by atoms with van der Waals surface area (Å²) in [6.45, 7) is -0.0394. The van der Waals surface area contributed by atoms with Crippen molar-refractivity contribution in [3.8, 4) is 11.8 Å². The summed E-state index contributed by atoms with van der Waals surface area (Å²) in [4.78, 5) is 0. The molecule has 0 bridgehead atoms. The van der Waals surface area contributed by atoms with Crippen LogP contribution in [0.5, 0.6) is 0 Å². The summed E-state index contributed by atoms with van der Waals surface area (Å²) in [6, 6.07) is 0. The SMILES string of the molecule is OCC#CCCCCl. The molecule has 0 aromatic rings. The molecule has 0 rings (SSSR count). The lowest BCUT2D eigenvalue weighted by molar-refractivity contribution is 0.350. The number of halogens is 1. The molecule has 46 valence electrons. The minimum absolute atomic E-state index is 0.0394. The lowest BCUT2D eigenvalue weighted by atomic mass is 10.3. The highest BCUT2D eigenvalue weighted by Crippen LogP contribution is 1.87. The van der Waals surface area contributed by atoms with Crippen molar-refractivity contribution in [1.82, 2.24) is 0 Å². The highest BCUT2D eigenvalue weighted by molar-refractivity contribution is 6.17. The van der Waals surface area contributed by atoms with Crippen LogP contribution >= 0.6 is 11.6 Å². The molecule has 0 aliphatic carbocycles. The second-order valence-corrected chi connectivity index (χ2v) is 1.68. The van der Waals surface area contributed by atoms with E-state index in [1.807, 2.05) is 0 Å². The monoisotopic (exact) mass is 132 g/mol. The van der Waals surface area contributed by atoms with Crippen molar-refractivity contribution in [2.45, 2.75) is 12.8 Å². The second-order valence-electron chi connectivity index (χ2n) is 1.30. The maximum absolute atomic E-state index is 8.16. The fourth-order valence-corrected chi connectivity index (χ4v) is 0.433. The Morgan fingerprint density at radius 1 is 1.38 bits per heavy atom. The van der Waals surface area contributed by atoms with E-state index in [0.717, 1.165) is 12.8 Å². The molecule has 0 spiro atoms. The van der Waals surface area contributed by atoms with Crippen LogP contribution in [0.1, 0.15) is 12.8 Å². The van der Waals surface area contributed by atoms with Gasteiger partial charge in [0.15, 0.2) is 0 Å². The molecule has 0 saturated heterocycles. The minimum atomic E-state index is -0.0394. The largest absolute Gasteiger partial charge is 0.384 e. The zero-order valence-corrected chi connectivity index (χ0v) is 5.41. The van der Waals surface area contributed by atoms with Gasteiger partial charge in [-0.05, 0) is 6.42 Å². The number of alkyl halides is 1. The van der Waals surface area contributed by atoms with Gasteiger partial charge in [0.25, 0.3) is 0 Å². The third-order valence-corrected chi connectivity index (χ3v) is 0.907. The van der Waals surface area contributed by atoms with Crippen LogP contribution in [0.3, 0.4) is 0 Å². The summed E-state index contributed by atoms with van der Waals surface area (Å²) in [6.07, 6.45) is 1.71. The molecule has 0 fully saturated rings. The lowest BCUT2D eigenvalue weighted by Gasteiger charge is -1.80. The van der Waals surface area contributed by atoms with E-state index in [0.29, 0.717) is 5.88 Å². The Kier molecular flexibility index (Phi) is 6.65. The Balaban J connectivity index is 2.90. The molecule has 0 aliphatic heterocycles. The van der Waals surface area contributed by atoms with Gasteiger partial charge in [0, 0.05) is 12.3 Å². The first-order valence-electron chi connectivity index (χ1n) is 2.54. The number of hydrogen-bond donors (Lipinski definition) is 1. The Morgan fingerprint density at radius 2 is 2.12 bits per heavy atom. The molecule has 0 amide bonds. The van der Waals surface area contributed by atoms with Crippen LogP contribution in [0.2, 0.25) is 0 Å². The molecule has 0 saturated carbocycles. The third-order valence-electron chi connectivity index (χ3n) is 0.639. The summed E-state index contributed by atoms with van der Waals surface area (Å²) in [5, 5.41) is 8.16. The highest BCUT2D eigenvalue weighted by Gasteiger charge is 1.75. The average Bonchev–Trinajstić information content (AvgIpc) is 1.81. The number of rotatable bonds is 2. The Labute approximate surface area is 54.7 Å². The Morgan fingerprint density at radius 3 is 2.62 bits per heavy atom. The van der Waals surface area contributed by atoms with Crippen LogP contribution in [-0.2, 0) is 0 Å². The van der Waals surface area contributed by atoms with Crippen LogP contribution < -0.4 is 0 Å². The molecular weight excluding hydrogens is 124 g/mol. The summed E-state index contributed by atoms with van der Waals surface area (Å²) in [7, 11) is 0. The molecule has 0 aliphatic rings. The van der Waals surface area contributed by atoms with Gasteiger partial charge in [-0.3, -0.25) is 0 Å². The molecule has 0 unspecified atom stereocenters. The fraction of sp³-hybridized carbons (Fsp3) is 0.667. The Hall–Kier alpha value is -0.190. The van der Waals surface area contributed by atoms with E-state index in [-0.39, 0.29) is 6.61 Å². The molecule has 0 radical (unpaired) electrons. The molecule has 1 nitrogen and oxygen atoms in total. The van der Waals surface area contributed by atoms with Gasteiger partial charge in [-0.2, -0.15) is 0 Å². The summed E-state index contributed by atoms with van der Waals surface area (Å²) in [5.41, 5.74) is 0. The van der Waals surface area contributed by atoms with Crippen LogP contribution in [0.25, 0.3) is 0 Å². The maximum atomic E-state index is 8.16. The first-order valence-corrected chi connectivity index (χ1v) is 3.08. The first-order chi connectivity index (χ1) is 3.91. The molecule has 1 N–H and O–H groups in total. The Bertz CT molecular complexity index is 90.4. The van der Waals surface area contributed by atoms with Crippen molar-refractivity contribution in [2.75, 3.05) is 12.5 Å². The van der Waals surface area contributed by atoms with E-state index in [1.54, 1.807) is 0 Å². The van der Waals surface area contributed by atoms with Gasteiger partial charge >= 0.3 is 0 Å². The van der Waals surface area contributed by atoms with E-state index >= 15 is 0 Å². The molecule has 0 heterocycles. The van der Waals surface area contributed by atoms with Crippen molar-refractivity contribution >= 4 is 11.6 Å². The smallest absolute Gasteiger partial charge is 0.104 e. The first kappa shape index (κ1) is 7.81. The van der Waals surface area contributed by atoms with Gasteiger partial charge in [-0.15, -0.1) is 17.5 Å².